The molecule has 1 aromatic heterocycles. The van der Waals surface area contributed by atoms with E-state index in [0.717, 1.165) is 31.1 Å². The zero-order chi connectivity index (χ0) is 19.2. The molecule has 0 radical (unpaired) electrons. The van der Waals surface area contributed by atoms with Gasteiger partial charge < -0.3 is 14.4 Å². The van der Waals surface area contributed by atoms with Crippen LogP contribution in [0.15, 0.2) is 36.5 Å². The number of benzene rings is 1. The molecular formula is C21H24N2O4. The highest BCUT2D eigenvalue weighted by Crippen LogP contribution is 2.24. The third-order valence-electron chi connectivity index (χ3n) is 4.91. The van der Waals surface area contributed by atoms with Gasteiger partial charge in [0, 0.05) is 18.8 Å². The van der Waals surface area contributed by atoms with Gasteiger partial charge in [-0.3, -0.25) is 9.59 Å². The number of likely N-dealkylation sites (tertiary alicyclic amines) is 1. The van der Waals surface area contributed by atoms with Crippen molar-refractivity contribution in [2.24, 2.45) is 0 Å². The number of hydrogen-bond acceptors (Lipinski definition) is 5. The number of carbonyl (C=O) groups excluding carboxylic acids is 2. The van der Waals surface area contributed by atoms with Crippen LogP contribution >= 0.6 is 0 Å². The molecule has 0 unspecified atom stereocenters. The van der Waals surface area contributed by atoms with Crippen LogP contribution in [0.4, 0.5) is 0 Å². The van der Waals surface area contributed by atoms with Crippen LogP contribution in [0, 0.1) is 6.92 Å². The number of methoxy groups -OCH3 is 1. The number of rotatable bonds is 6. The maximum absolute atomic E-state index is 12.9. The van der Waals surface area contributed by atoms with E-state index in [4.69, 9.17) is 9.47 Å². The van der Waals surface area contributed by atoms with E-state index in [2.05, 4.69) is 4.98 Å². The standard InChI is InChI=1S/C21H24N2O4/c1-15-6-5-8-19(18(15)13-24)27-14-17-7-3-4-11-23(17)21(25)16-9-10-20(26-2)22-12-16/h5-6,8-10,12-13,17H,3-4,7,11,14H2,1-2H3/t17-/m0/s1. The van der Waals surface area contributed by atoms with E-state index in [1.54, 1.807) is 31.5 Å². The summed E-state index contributed by atoms with van der Waals surface area (Å²) < 4.78 is 11.0. The number of carbonyl (C=O) groups is 2. The fourth-order valence-corrected chi connectivity index (χ4v) is 3.35. The van der Waals surface area contributed by atoms with Gasteiger partial charge in [0.2, 0.25) is 5.88 Å². The van der Waals surface area contributed by atoms with Crippen molar-refractivity contribution in [3.8, 4) is 11.6 Å². The molecule has 0 saturated carbocycles. The second kappa shape index (κ2) is 8.66. The predicted molar refractivity (Wildman–Crippen MR) is 102 cm³/mol. The van der Waals surface area contributed by atoms with Gasteiger partial charge in [-0.1, -0.05) is 12.1 Å². The monoisotopic (exact) mass is 368 g/mol. The van der Waals surface area contributed by atoms with Crippen molar-refractivity contribution in [2.45, 2.75) is 32.2 Å². The van der Waals surface area contributed by atoms with E-state index < -0.39 is 0 Å². The van der Waals surface area contributed by atoms with Crippen molar-refractivity contribution in [3.05, 3.63) is 53.2 Å². The Hall–Kier alpha value is -2.89. The molecule has 0 N–H and O–H groups in total. The molecule has 1 atom stereocenters. The minimum Gasteiger partial charge on any atom is -0.491 e. The highest BCUT2D eigenvalue weighted by atomic mass is 16.5. The number of nitrogens with zero attached hydrogens (tertiary/aromatic N) is 2. The Kier molecular flexibility index (Phi) is 6.06. The second-order valence-electron chi connectivity index (χ2n) is 6.65. The van der Waals surface area contributed by atoms with Crippen molar-refractivity contribution in [1.82, 2.24) is 9.88 Å². The van der Waals surface area contributed by atoms with Crippen molar-refractivity contribution in [3.63, 3.8) is 0 Å². The molecule has 1 amide bonds. The van der Waals surface area contributed by atoms with Crippen LogP contribution in [0.3, 0.4) is 0 Å². The number of aldehydes is 1. The molecule has 0 bridgehead atoms. The van der Waals surface area contributed by atoms with Gasteiger partial charge in [-0.15, -0.1) is 0 Å². The van der Waals surface area contributed by atoms with E-state index in [1.165, 1.54) is 0 Å². The quantitative estimate of drug-likeness (QED) is 0.732. The lowest BCUT2D eigenvalue weighted by atomic mass is 10.0. The van der Waals surface area contributed by atoms with Gasteiger partial charge >= 0.3 is 0 Å². The Labute approximate surface area is 159 Å². The van der Waals surface area contributed by atoms with E-state index in [9.17, 15) is 9.59 Å². The number of hydrogen-bond donors (Lipinski definition) is 0. The molecule has 0 spiro atoms. The van der Waals surface area contributed by atoms with Crippen LogP contribution in [0.25, 0.3) is 0 Å². The van der Waals surface area contributed by atoms with E-state index in [0.29, 0.717) is 35.9 Å². The maximum atomic E-state index is 12.9. The number of ether oxygens (including phenoxy) is 2. The zero-order valence-corrected chi connectivity index (χ0v) is 15.7. The van der Waals surface area contributed by atoms with Crippen LogP contribution in [0.1, 0.15) is 45.5 Å². The predicted octanol–water partition coefficient (Wildman–Crippen LogP) is 3.28. The molecule has 1 saturated heterocycles. The summed E-state index contributed by atoms with van der Waals surface area (Å²) in [6.45, 7) is 2.93. The molecule has 2 aromatic rings. The van der Waals surface area contributed by atoms with Gasteiger partial charge in [0.1, 0.15) is 12.4 Å². The summed E-state index contributed by atoms with van der Waals surface area (Å²) in [6.07, 6.45) is 5.25. The normalized spacial score (nSPS) is 16.7. The number of amides is 1. The van der Waals surface area contributed by atoms with Crippen molar-refractivity contribution in [1.29, 1.82) is 0 Å². The minimum atomic E-state index is -0.0571. The van der Waals surface area contributed by atoms with E-state index >= 15 is 0 Å². The summed E-state index contributed by atoms with van der Waals surface area (Å²) in [5, 5.41) is 0. The van der Waals surface area contributed by atoms with Crippen molar-refractivity contribution < 1.29 is 19.1 Å². The first-order valence-corrected chi connectivity index (χ1v) is 9.12. The highest BCUT2D eigenvalue weighted by Gasteiger charge is 2.28. The van der Waals surface area contributed by atoms with Gasteiger partial charge in [0.25, 0.3) is 5.91 Å². The van der Waals surface area contributed by atoms with Crippen molar-refractivity contribution >= 4 is 12.2 Å². The Morgan fingerprint density at radius 3 is 2.85 bits per heavy atom. The first kappa shape index (κ1) is 18.9. The van der Waals surface area contributed by atoms with Gasteiger partial charge in [-0.25, -0.2) is 4.98 Å². The molecule has 1 aliphatic rings. The first-order valence-electron chi connectivity index (χ1n) is 9.12. The van der Waals surface area contributed by atoms with Crippen LogP contribution in [0.5, 0.6) is 11.6 Å². The molecule has 6 heteroatoms. The zero-order valence-electron chi connectivity index (χ0n) is 15.7. The number of aryl methyl sites for hydroxylation is 1. The average Bonchev–Trinajstić information content (AvgIpc) is 2.72. The molecular weight excluding hydrogens is 344 g/mol. The molecule has 142 valence electrons. The summed E-state index contributed by atoms with van der Waals surface area (Å²) in [6, 6.07) is 8.92. The Balaban J connectivity index is 1.72. The van der Waals surface area contributed by atoms with Crippen LogP contribution in [-0.2, 0) is 0 Å². The molecule has 0 aliphatic carbocycles. The first-order chi connectivity index (χ1) is 13.1. The topological polar surface area (TPSA) is 68.7 Å². The van der Waals surface area contributed by atoms with Gasteiger partial charge in [0.05, 0.1) is 24.3 Å². The smallest absolute Gasteiger partial charge is 0.255 e. The summed E-state index contributed by atoms with van der Waals surface area (Å²) in [4.78, 5) is 30.3. The van der Waals surface area contributed by atoms with Crippen molar-refractivity contribution in [2.75, 3.05) is 20.3 Å². The van der Waals surface area contributed by atoms with E-state index in [1.807, 2.05) is 24.0 Å². The Morgan fingerprint density at radius 1 is 1.30 bits per heavy atom. The summed E-state index contributed by atoms with van der Waals surface area (Å²) in [5.41, 5.74) is 1.97. The molecule has 1 aromatic carbocycles. The molecule has 27 heavy (non-hydrogen) atoms. The lowest BCUT2D eigenvalue weighted by molar-refractivity contribution is 0.0526. The molecule has 6 nitrogen and oxygen atoms in total. The van der Waals surface area contributed by atoms with Crippen LogP contribution in [-0.4, -0.2) is 48.4 Å². The van der Waals surface area contributed by atoms with Gasteiger partial charge in [0.15, 0.2) is 6.29 Å². The molecule has 1 aliphatic heterocycles. The van der Waals surface area contributed by atoms with E-state index in [-0.39, 0.29) is 11.9 Å². The lowest BCUT2D eigenvalue weighted by Gasteiger charge is -2.35. The molecule has 1 fully saturated rings. The fourth-order valence-electron chi connectivity index (χ4n) is 3.35. The Bertz CT molecular complexity index is 804. The maximum Gasteiger partial charge on any atom is 0.255 e. The van der Waals surface area contributed by atoms with Gasteiger partial charge in [-0.2, -0.15) is 0 Å². The molecule has 3 rings (SSSR count). The summed E-state index contributed by atoms with van der Waals surface area (Å²) in [7, 11) is 1.54. The summed E-state index contributed by atoms with van der Waals surface area (Å²) >= 11 is 0. The fraction of sp³-hybridized carbons (Fsp3) is 0.381. The number of aromatic nitrogens is 1. The SMILES string of the molecule is COc1ccc(C(=O)N2CCCC[C@H]2COc2cccc(C)c2C=O)cn1. The second-order valence-corrected chi connectivity index (χ2v) is 6.65. The minimum absolute atomic E-state index is 0.0339. The largest absolute Gasteiger partial charge is 0.491 e. The summed E-state index contributed by atoms with van der Waals surface area (Å²) in [5.74, 6) is 0.985. The Morgan fingerprint density at radius 2 is 2.15 bits per heavy atom. The van der Waals surface area contributed by atoms with Gasteiger partial charge in [-0.05, 0) is 43.9 Å². The number of pyridine rings is 1. The third kappa shape index (κ3) is 4.27. The van der Waals surface area contributed by atoms with Crippen LogP contribution in [0.2, 0.25) is 0 Å². The average molecular weight is 368 g/mol. The number of piperidine rings is 1. The van der Waals surface area contributed by atoms with Crippen LogP contribution < -0.4 is 9.47 Å². The third-order valence-corrected chi connectivity index (χ3v) is 4.91. The lowest BCUT2D eigenvalue weighted by Crippen LogP contribution is -2.46. The molecule has 2 heterocycles. The highest BCUT2D eigenvalue weighted by molar-refractivity contribution is 5.94.